The van der Waals surface area contributed by atoms with E-state index < -0.39 is 5.76 Å². The van der Waals surface area contributed by atoms with Crippen molar-refractivity contribution in [1.82, 2.24) is 9.97 Å². The first-order valence-corrected chi connectivity index (χ1v) is 5.27. The lowest BCUT2D eigenvalue weighted by Crippen LogP contribution is -2.19. The lowest BCUT2D eigenvalue weighted by molar-refractivity contribution is -0.121. The summed E-state index contributed by atoms with van der Waals surface area (Å²) in [5.74, 6) is -0.629. The number of aromatic amines is 1. The van der Waals surface area contributed by atoms with Crippen molar-refractivity contribution in [2.24, 2.45) is 11.7 Å². The predicted octanol–water partition coefficient (Wildman–Crippen LogP) is 1.03. The molecule has 3 N–H and O–H groups in total. The average molecular weight is 237 g/mol. The smallest absolute Gasteiger partial charge is 0.406 e. The van der Waals surface area contributed by atoms with Crippen molar-refractivity contribution < 1.29 is 9.21 Å². The number of hydrogen-bond donors (Lipinski definition) is 2. The lowest BCUT2D eigenvalue weighted by Gasteiger charge is -1.98. The summed E-state index contributed by atoms with van der Waals surface area (Å²) in [5, 5.41) is 0. The fourth-order valence-corrected chi connectivity index (χ4v) is 0.990. The second-order valence-electron chi connectivity index (χ2n) is 3.58. The van der Waals surface area contributed by atoms with Crippen LogP contribution < -0.4 is 11.5 Å². The topological polar surface area (TPSA) is 102 Å². The molecular weight excluding hydrogens is 222 g/mol. The van der Waals surface area contributed by atoms with Crippen LogP contribution in [-0.2, 0) is 4.79 Å². The summed E-state index contributed by atoms with van der Waals surface area (Å²) in [5.41, 5.74) is 5.89. The summed E-state index contributed by atoms with van der Waals surface area (Å²) in [4.78, 5) is 27.0. The zero-order chi connectivity index (χ0) is 12.8. The maximum Gasteiger partial charge on any atom is 0.418 e. The van der Waals surface area contributed by atoms with E-state index in [1.807, 2.05) is 13.8 Å². The molecule has 1 atom stereocenters. The standard InChI is InChI=1S/C6H4N2O2.C5H11NO/c9-6-8-5-4(10-6)2-1-3-7-5;1-3-4(2)5(6)7/h1-3H,(H,7,8,9);4H,3H2,1-2H3,(H2,6,7). The van der Waals surface area contributed by atoms with Crippen LogP contribution in [0, 0.1) is 5.92 Å². The molecule has 0 bridgehead atoms. The summed E-state index contributed by atoms with van der Waals surface area (Å²) < 4.78 is 4.69. The van der Waals surface area contributed by atoms with Crippen LogP contribution in [0.25, 0.3) is 11.2 Å². The number of fused-ring (bicyclic) bond motifs is 1. The van der Waals surface area contributed by atoms with E-state index in [9.17, 15) is 9.59 Å². The van der Waals surface area contributed by atoms with Gasteiger partial charge in [0.15, 0.2) is 11.2 Å². The molecule has 2 rings (SSSR count). The minimum Gasteiger partial charge on any atom is -0.406 e. The summed E-state index contributed by atoms with van der Waals surface area (Å²) in [6, 6.07) is 3.39. The van der Waals surface area contributed by atoms with Crippen LogP contribution in [0.4, 0.5) is 0 Å². The van der Waals surface area contributed by atoms with Crippen molar-refractivity contribution in [3.8, 4) is 0 Å². The van der Waals surface area contributed by atoms with Gasteiger partial charge in [0.05, 0.1) is 0 Å². The number of primary amides is 1. The number of nitrogens with zero attached hydrogens (tertiary/aromatic N) is 1. The second kappa shape index (κ2) is 5.83. The lowest BCUT2D eigenvalue weighted by atomic mass is 10.1. The van der Waals surface area contributed by atoms with E-state index in [1.54, 1.807) is 18.3 Å². The van der Waals surface area contributed by atoms with E-state index in [0.717, 1.165) is 6.42 Å². The van der Waals surface area contributed by atoms with Crippen LogP contribution in [0.3, 0.4) is 0 Å². The summed E-state index contributed by atoms with van der Waals surface area (Å²) in [6.07, 6.45) is 2.43. The van der Waals surface area contributed by atoms with Crippen LogP contribution in [-0.4, -0.2) is 15.9 Å². The molecule has 0 aliphatic rings. The van der Waals surface area contributed by atoms with E-state index in [1.165, 1.54) is 0 Å². The first kappa shape index (κ1) is 13.0. The Kier molecular flexibility index (Phi) is 4.45. The van der Waals surface area contributed by atoms with Crippen LogP contribution in [0.2, 0.25) is 0 Å². The monoisotopic (exact) mass is 237 g/mol. The summed E-state index contributed by atoms with van der Waals surface area (Å²) >= 11 is 0. The predicted molar refractivity (Wildman–Crippen MR) is 63.3 cm³/mol. The molecule has 0 fully saturated rings. The zero-order valence-electron chi connectivity index (χ0n) is 9.77. The Balaban J connectivity index is 0.000000185. The van der Waals surface area contributed by atoms with Gasteiger partial charge in [-0.15, -0.1) is 0 Å². The van der Waals surface area contributed by atoms with Gasteiger partial charge in [-0.25, -0.2) is 9.78 Å². The molecule has 1 unspecified atom stereocenters. The highest BCUT2D eigenvalue weighted by molar-refractivity contribution is 5.76. The summed E-state index contributed by atoms with van der Waals surface area (Å²) in [6.45, 7) is 3.76. The van der Waals surface area contributed by atoms with Crippen molar-refractivity contribution in [3.05, 3.63) is 28.9 Å². The van der Waals surface area contributed by atoms with Gasteiger partial charge in [0.1, 0.15) is 0 Å². The Morgan fingerprint density at radius 1 is 1.65 bits per heavy atom. The Morgan fingerprint density at radius 3 is 2.82 bits per heavy atom. The minimum atomic E-state index is -0.464. The van der Waals surface area contributed by atoms with Crippen molar-refractivity contribution >= 4 is 17.1 Å². The molecule has 92 valence electrons. The quantitative estimate of drug-likeness (QED) is 0.814. The third kappa shape index (κ3) is 3.75. The van der Waals surface area contributed by atoms with Crippen molar-refractivity contribution in [1.29, 1.82) is 0 Å². The molecule has 2 aromatic heterocycles. The third-order valence-corrected chi connectivity index (χ3v) is 2.29. The van der Waals surface area contributed by atoms with Crippen LogP contribution in [0.15, 0.2) is 27.5 Å². The molecule has 0 aliphatic carbocycles. The molecule has 17 heavy (non-hydrogen) atoms. The highest BCUT2D eigenvalue weighted by Gasteiger charge is 2.02. The highest BCUT2D eigenvalue weighted by Crippen LogP contribution is 2.02. The number of nitrogens with one attached hydrogen (secondary N) is 1. The third-order valence-electron chi connectivity index (χ3n) is 2.29. The molecule has 0 saturated carbocycles. The molecule has 1 amide bonds. The van der Waals surface area contributed by atoms with Gasteiger partial charge in [0.2, 0.25) is 5.91 Å². The van der Waals surface area contributed by atoms with Crippen molar-refractivity contribution in [2.75, 3.05) is 0 Å². The van der Waals surface area contributed by atoms with Gasteiger partial charge in [-0.05, 0) is 18.6 Å². The normalized spacial score (nSPS) is 11.6. The number of aromatic nitrogens is 2. The molecule has 6 nitrogen and oxygen atoms in total. The Bertz CT molecular complexity index is 508. The zero-order valence-corrected chi connectivity index (χ0v) is 9.77. The maximum atomic E-state index is 10.5. The number of hydrogen-bond acceptors (Lipinski definition) is 4. The largest absolute Gasteiger partial charge is 0.418 e. The number of oxazole rings is 1. The van der Waals surface area contributed by atoms with Crippen LogP contribution >= 0.6 is 0 Å². The van der Waals surface area contributed by atoms with Gasteiger partial charge < -0.3 is 10.2 Å². The van der Waals surface area contributed by atoms with Crippen LogP contribution in [0.1, 0.15) is 20.3 Å². The first-order valence-electron chi connectivity index (χ1n) is 5.27. The molecule has 0 spiro atoms. The SMILES string of the molecule is CCC(C)C(N)=O.O=c1[nH]c2ncccc2o1. The number of rotatable bonds is 2. The maximum absolute atomic E-state index is 10.5. The minimum absolute atomic E-state index is 0.0417. The molecule has 0 saturated heterocycles. The fraction of sp³-hybridized carbons (Fsp3) is 0.364. The Morgan fingerprint density at radius 2 is 2.35 bits per heavy atom. The van der Waals surface area contributed by atoms with Gasteiger partial charge >= 0.3 is 5.76 Å². The molecular formula is C11H15N3O3. The Labute approximate surface area is 97.8 Å². The van der Waals surface area contributed by atoms with Gasteiger partial charge in [-0.1, -0.05) is 13.8 Å². The Hall–Kier alpha value is -2.11. The van der Waals surface area contributed by atoms with E-state index in [4.69, 9.17) is 10.2 Å². The average Bonchev–Trinajstić information content (AvgIpc) is 2.68. The number of H-pyrrole nitrogens is 1. The number of carbonyl (C=O) groups excluding carboxylic acids is 1. The van der Waals surface area contributed by atoms with E-state index in [-0.39, 0.29) is 11.8 Å². The molecule has 0 radical (unpaired) electrons. The number of amides is 1. The number of pyridine rings is 1. The molecule has 2 aromatic rings. The fourth-order valence-electron chi connectivity index (χ4n) is 0.990. The van der Waals surface area contributed by atoms with Gasteiger partial charge in [-0.2, -0.15) is 0 Å². The van der Waals surface area contributed by atoms with Crippen LogP contribution in [0.5, 0.6) is 0 Å². The highest BCUT2D eigenvalue weighted by atomic mass is 16.4. The first-order chi connectivity index (χ1) is 8.04. The molecule has 0 aliphatic heterocycles. The van der Waals surface area contributed by atoms with Gasteiger partial charge in [-0.3, -0.25) is 9.78 Å². The van der Waals surface area contributed by atoms with E-state index in [0.29, 0.717) is 11.2 Å². The molecule has 6 heteroatoms. The van der Waals surface area contributed by atoms with E-state index in [2.05, 4.69) is 9.97 Å². The van der Waals surface area contributed by atoms with Crippen molar-refractivity contribution in [2.45, 2.75) is 20.3 Å². The van der Waals surface area contributed by atoms with Crippen molar-refractivity contribution in [3.63, 3.8) is 0 Å². The molecule has 0 aromatic carbocycles. The molecule has 2 heterocycles. The van der Waals surface area contributed by atoms with E-state index >= 15 is 0 Å². The number of carbonyl (C=O) groups is 1. The van der Waals surface area contributed by atoms with Gasteiger partial charge in [0, 0.05) is 12.1 Å². The number of nitrogens with two attached hydrogens (primary N) is 1. The van der Waals surface area contributed by atoms with Gasteiger partial charge in [0.25, 0.3) is 0 Å². The second-order valence-corrected chi connectivity index (χ2v) is 3.58. The summed E-state index contributed by atoms with van der Waals surface area (Å²) in [7, 11) is 0.